The van der Waals surface area contributed by atoms with Crippen LogP contribution < -0.4 is 4.74 Å². The summed E-state index contributed by atoms with van der Waals surface area (Å²) in [4.78, 5) is 0. The van der Waals surface area contributed by atoms with Crippen LogP contribution in [0.2, 0.25) is 0 Å². The summed E-state index contributed by atoms with van der Waals surface area (Å²) >= 11 is 0. The molecule has 0 saturated heterocycles. The van der Waals surface area contributed by atoms with E-state index in [4.69, 9.17) is 9.84 Å². The Morgan fingerprint density at radius 3 is 3.00 bits per heavy atom. The van der Waals surface area contributed by atoms with E-state index in [9.17, 15) is 0 Å². The summed E-state index contributed by atoms with van der Waals surface area (Å²) < 4.78 is 5.70. The molecule has 0 saturated carbocycles. The first-order chi connectivity index (χ1) is 6.31. The zero-order valence-electron chi connectivity index (χ0n) is 7.73. The predicted molar refractivity (Wildman–Crippen MR) is 50.8 cm³/mol. The van der Waals surface area contributed by atoms with Crippen LogP contribution in [0.3, 0.4) is 0 Å². The fraction of sp³-hybridized carbons (Fsp3) is 0.455. The fourth-order valence-electron chi connectivity index (χ4n) is 1.64. The molecule has 1 aliphatic rings. The van der Waals surface area contributed by atoms with Crippen molar-refractivity contribution < 1.29 is 9.84 Å². The van der Waals surface area contributed by atoms with Gasteiger partial charge in [0.1, 0.15) is 11.9 Å². The molecule has 13 heavy (non-hydrogen) atoms. The molecule has 0 radical (unpaired) electrons. The molecule has 70 valence electrons. The Labute approximate surface area is 78.2 Å². The molecule has 1 aromatic rings. The van der Waals surface area contributed by atoms with Gasteiger partial charge in [0.2, 0.25) is 0 Å². The average Bonchev–Trinajstić information content (AvgIpc) is 2.59. The molecule has 0 aromatic heterocycles. The van der Waals surface area contributed by atoms with E-state index < -0.39 is 0 Å². The van der Waals surface area contributed by atoms with Crippen LogP contribution in [0.15, 0.2) is 24.3 Å². The van der Waals surface area contributed by atoms with Crippen molar-refractivity contribution >= 4 is 0 Å². The monoisotopic (exact) mass is 178 g/mol. The SMILES string of the molecule is C[C@@H](CO)C1Cc2ccccc2O1. The Morgan fingerprint density at radius 2 is 2.31 bits per heavy atom. The molecule has 1 unspecified atom stereocenters. The molecule has 0 fully saturated rings. The third-order valence-electron chi connectivity index (χ3n) is 2.59. The second-order valence-electron chi connectivity index (χ2n) is 3.63. The molecule has 2 heteroatoms. The third-order valence-corrected chi connectivity index (χ3v) is 2.59. The molecule has 2 atom stereocenters. The van der Waals surface area contributed by atoms with Gasteiger partial charge in [-0.25, -0.2) is 0 Å². The van der Waals surface area contributed by atoms with Gasteiger partial charge < -0.3 is 9.84 Å². The van der Waals surface area contributed by atoms with Crippen molar-refractivity contribution in [2.45, 2.75) is 19.4 Å². The van der Waals surface area contributed by atoms with Gasteiger partial charge >= 0.3 is 0 Å². The minimum Gasteiger partial charge on any atom is -0.489 e. The Morgan fingerprint density at radius 1 is 1.54 bits per heavy atom. The first-order valence-corrected chi connectivity index (χ1v) is 4.66. The van der Waals surface area contributed by atoms with Gasteiger partial charge in [0.25, 0.3) is 0 Å². The minimum absolute atomic E-state index is 0.155. The minimum atomic E-state index is 0.155. The van der Waals surface area contributed by atoms with Crippen molar-refractivity contribution in [3.05, 3.63) is 29.8 Å². The van der Waals surface area contributed by atoms with E-state index in [0.29, 0.717) is 0 Å². The molecule has 2 nitrogen and oxygen atoms in total. The fourth-order valence-corrected chi connectivity index (χ4v) is 1.64. The average molecular weight is 178 g/mol. The van der Waals surface area contributed by atoms with Crippen LogP contribution in [-0.2, 0) is 6.42 Å². The van der Waals surface area contributed by atoms with Crippen LogP contribution in [0.1, 0.15) is 12.5 Å². The number of ether oxygens (including phenoxy) is 1. The van der Waals surface area contributed by atoms with Gasteiger partial charge in [0, 0.05) is 18.9 Å². The maximum atomic E-state index is 8.99. The van der Waals surface area contributed by atoms with Crippen LogP contribution in [-0.4, -0.2) is 17.8 Å². The van der Waals surface area contributed by atoms with Crippen molar-refractivity contribution in [1.82, 2.24) is 0 Å². The van der Waals surface area contributed by atoms with Gasteiger partial charge in [0.05, 0.1) is 0 Å². The molecular weight excluding hydrogens is 164 g/mol. The Hall–Kier alpha value is -1.02. The van der Waals surface area contributed by atoms with E-state index in [0.717, 1.165) is 12.2 Å². The predicted octanol–water partition coefficient (Wildman–Crippen LogP) is 1.62. The standard InChI is InChI=1S/C11H14O2/c1-8(7-12)11-6-9-4-2-3-5-10(9)13-11/h2-5,8,11-12H,6-7H2,1H3/t8-,11?/m0/s1. The number of para-hydroxylation sites is 1. The molecule has 0 bridgehead atoms. The lowest BCUT2D eigenvalue weighted by atomic mass is 10.0. The first-order valence-electron chi connectivity index (χ1n) is 4.66. The van der Waals surface area contributed by atoms with Crippen molar-refractivity contribution in [1.29, 1.82) is 0 Å². The van der Waals surface area contributed by atoms with Gasteiger partial charge in [-0.3, -0.25) is 0 Å². The highest BCUT2D eigenvalue weighted by molar-refractivity contribution is 5.37. The second-order valence-corrected chi connectivity index (χ2v) is 3.63. The zero-order chi connectivity index (χ0) is 9.26. The van der Waals surface area contributed by atoms with E-state index in [2.05, 4.69) is 6.07 Å². The zero-order valence-corrected chi connectivity index (χ0v) is 7.73. The number of fused-ring (bicyclic) bond motifs is 1. The molecule has 1 aromatic carbocycles. The molecule has 0 aliphatic carbocycles. The molecule has 0 amide bonds. The number of hydrogen-bond donors (Lipinski definition) is 1. The number of benzene rings is 1. The maximum absolute atomic E-state index is 8.99. The van der Waals surface area contributed by atoms with Gasteiger partial charge in [-0.05, 0) is 11.6 Å². The van der Waals surface area contributed by atoms with Crippen LogP contribution in [0.5, 0.6) is 5.75 Å². The molecule has 1 N–H and O–H groups in total. The highest BCUT2D eigenvalue weighted by Crippen LogP contribution is 2.30. The highest BCUT2D eigenvalue weighted by atomic mass is 16.5. The first kappa shape index (κ1) is 8.57. The van der Waals surface area contributed by atoms with E-state index in [1.54, 1.807) is 0 Å². The molecule has 2 rings (SSSR count). The van der Waals surface area contributed by atoms with Crippen LogP contribution in [0.25, 0.3) is 0 Å². The molecule has 1 heterocycles. The topological polar surface area (TPSA) is 29.5 Å². The van der Waals surface area contributed by atoms with Gasteiger partial charge in [-0.2, -0.15) is 0 Å². The summed E-state index contributed by atoms with van der Waals surface area (Å²) in [5.74, 6) is 1.19. The molecule has 1 aliphatic heterocycles. The van der Waals surface area contributed by atoms with Crippen LogP contribution >= 0.6 is 0 Å². The smallest absolute Gasteiger partial charge is 0.123 e. The Kier molecular flexibility index (Phi) is 2.23. The lowest BCUT2D eigenvalue weighted by Crippen LogP contribution is -2.25. The quantitative estimate of drug-likeness (QED) is 0.745. The number of aliphatic hydroxyl groups excluding tert-OH is 1. The van der Waals surface area contributed by atoms with E-state index in [1.807, 2.05) is 25.1 Å². The Balaban J connectivity index is 2.14. The van der Waals surface area contributed by atoms with Crippen molar-refractivity contribution in [3.8, 4) is 5.75 Å². The normalized spacial score (nSPS) is 22.2. The lowest BCUT2D eigenvalue weighted by Gasteiger charge is -2.16. The van der Waals surface area contributed by atoms with Gasteiger partial charge in [-0.15, -0.1) is 0 Å². The summed E-state index contributed by atoms with van der Waals surface area (Å²) in [6.07, 6.45) is 1.08. The van der Waals surface area contributed by atoms with Gasteiger partial charge in [-0.1, -0.05) is 25.1 Å². The van der Waals surface area contributed by atoms with E-state index in [-0.39, 0.29) is 18.6 Å². The van der Waals surface area contributed by atoms with Crippen molar-refractivity contribution in [2.75, 3.05) is 6.61 Å². The molecule has 0 spiro atoms. The third kappa shape index (κ3) is 1.54. The summed E-state index contributed by atoms with van der Waals surface area (Å²) in [7, 11) is 0. The highest BCUT2D eigenvalue weighted by Gasteiger charge is 2.26. The maximum Gasteiger partial charge on any atom is 0.123 e. The summed E-state index contributed by atoms with van der Waals surface area (Å²) in [6, 6.07) is 8.07. The van der Waals surface area contributed by atoms with Crippen LogP contribution in [0.4, 0.5) is 0 Å². The summed E-state index contributed by atoms with van der Waals surface area (Å²) in [6.45, 7) is 2.20. The van der Waals surface area contributed by atoms with E-state index in [1.165, 1.54) is 5.56 Å². The van der Waals surface area contributed by atoms with Gasteiger partial charge in [0.15, 0.2) is 0 Å². The summed E-state index contributed by atoms with van der Waals surface area (Å²) in [5.41, 5.74) is 1.26. The second kappa shape index (κ2) is 3.38. The lowest BCUT2D eigenvalue weighted by molar-refractivity contribution is 0.114. The Bertz CT molecular complexity index is 271. The molecular formula is C11H14O2. The number of aliphatic hydroxyl groups is 1. The van der Waals surface area contributed by atoms with Crippen LogP contribution in [0, 0.1) is 5.92 Å². The number of hydrogen-bond acceptors (Lipinski definition) is 2. The van der Waals surface area contributed by atoms with Crippen molar-refractivity contribution in [3.63, 3.8) is 0 Å². The number of rotatable bonds is 2. The van der Waals surface area contributed by atoms with Crippen molar-refractivity contribution in [2.24, 2.45) is 5.92 Å². The summed E-state index contributed by atoms with van der Waals surface area (Å²) in [5, 5.41) is 8.99. The van der Waals surface area contributed by atoms with E-state index >= 15 is 0 Å². The largest absolute Gasteiger partial charge is 0.489 e.